The number of rotatable bonds is 8. The number of ether oxygens (including phenoxy) is 1. The second-order valence-corrected chi connectivity index (χ2v) is 8.12. The van der Waals surface area contributed by atoms with Gasteiger partial charge in [0.25, 0.3) is 11.8 Å². The van der Waals surface area contributed by atoms with Crippen molar-refractivity contribution in [2.24, 2.45) is 0 Å². The number of hydrogen-bond donors (Lipinski definition) is 2. The Kier molecular flexibility index (Phi) is 7.84. The predicted octanol–water partition coefficient (Wildman–Crippen LogP) is 6.44. The molecule has 0 bridgehead atoms. The third-order valence-electron chi connectivity index (χ3n) is 4.60. The zero-order chi connectivity index (χ0) is 22.2. The molecule has 3 aromatic rings. The number of anilines is 2. The Balaban J connectivity index is 1.74. The van der Waals surface area contributed by atoms with Crippen molar-refractivity contribution in [1.29, 1.82) is 0 Å². The second kappa shape index (κ2) is 10.8. The van der Waals surface area contributed by atoms with Crippen LogP contribution in [0.4, 0.5) is 11.4 Å². The average Bonchev–Trinajstić information content (AvgIpc) is 2.75. The van der Waals surface area contributed by atoms with E-state index in [0.29, 0.717) is 29.2 Å². The maximum atomic E-state index is 12.9. The van der Waals surface area contributed by atoms with Crippen molar-refractivity contribution in [2.75, 3.05) is 17.2 Å². The van der Waals surface area contributed by atoms with Gasteiger partial charge in [0.05, 0.1) is 12.2 Å². The fourth-order valence-electron chi connectivity index (χ4n) is 2.99. The lowest BCUT2D eigenvalue weighted by atomic mass is 10.1. The molecule has 0 unspecified atom stereocenters. The minimum Gasteiger partial charge on any atom is -0.493 e. The van der Waals surface area contributed by atoms with Gasteiger partial charge in [-0.3, -0.25) is 9.59 Å². The first-order valence-corrected chi connectivity index (χ1v) is 11.0. The van der Waals surface area contributed by atoms with E-state index in [4.69, 9.17) is 4.74 Å². The normalized spacial score (nSPS) is 10.4. The molecule has 0 saturated heterocycles. The number of benzene rings is 3. The molecule has 0 atom stereocenters. The third-order valence-corrected chi connectivity index (χ3v) is 5.09. The van der Waals surface area contributed by atoms with E-state index in [9.17, 15) is 9.59 Å². The Morgan fingerprint density at radius 3 is 2.35 bits per heavy atom. The van der Waals surface area contributed by atoms with Gasteiger partial charge in [-0.15, -0.1) is 0 Å². The van der Waals surface area contributed by atoms with Crippen molar-refractivity contribution in [3.05, 3.63) is 87.9 Å². The molecule has 2 N–H and O–H groups in total. The number of carbonyl (C=O) groups is 2. The van der Waals surface area contributed by atoms with Crippen LogP contribution in [0.5, 0.6) is 5.75 Å². The van der Waals surface area contributed by atoms with E-state index < -0.39 is 0 Å². The first-order valence-electron chi connectivity index (χ1n) is 10.2. The highest BCUT2D eigenvalue weighted by Gasteiger charge is 2.15. The lowest BCUT2D eigenvalue weighted by molar-refractivity contribution is 0.101. The van der Waals surface area contributed by atoms with Gasteiger partial charge in [-0.25, -0.2) is 0 Å². The first kappa shape index (κ1) is 22.6. The maximum Gasteiger partial charge on any atom is 0.259 e. The summed E-state index contributed by atoms with van der Waals surface area (Å²) < 4.78 is 6.57. The molecule has 3 aromatic carbocycles. The van der Waals surface area contributed by atoms with E-state index in [0.717, 1.165) is 28.6 Å². The van der Waals surface area contributed by atoms with E-state index in [2.05, 4.69) is 33.5 Å². The smallest absolute Gasteiger partial charge is 0.259 e. The van der Waals surface area contributed by atoms with Crippen molar-refractivity contribution in [2.45, 2.75) is 26.7 Å². The van der Waals surface area contributed by atoms with E-state index in [1.165, 1.54) is 0 Å². The molecule has 6 heteroatoms. The summed E-state index contributed by atoms with van der Waals surface area (Å²) in [5.41, 5.74) is 3.20. The Labute approximate surface area is 191 Å². The highest BCUT2D eigenvalue weighted by Crippen LogP contribution is 2.25. The molecular formula is C25H25BrN2O3. The van der Waals surface area contributed by atoms with Gasteiger partial charge < -0.3 is 15.4 Å². The van der Waals surface area contributed by atoms with Gasteiger partial charge in [-0.2, -0.15) is 0 Å². The SMILES string of the molecule is CCCCOc1ccc(Br)cc1C(=O)Nc1cccc(C(=O)Nc2cccc(C)c2)c1. The summed E-state index contributed by atoms with van der Waals surface area (Å²) in [6.07, 6.45) is 1.92. The molecule has 0 saturated carbocycles. The van der Waals surface area contributed by atoms with Crippen molar-refractivity contribution < 1.29 is 14.3 Å². The minimum absolute atomic E-state index is 0.243. The minimum atomic E-state index is -0.302. The van der Waals surface area contributed by atoms with Gasteiger partial charge in [0, 0.05) is 21.4 Å². The summed E-state index contributed by atoms with van der Waals surface area (Å²) in [6, 6.07) is 19.8. The lowest BCUT2D eigenvalue weighted by Gasteiger charge is -2.13. The van der Waals surface area contributed by atoms with E-state index in [1.54, 1.807) is 36.4 Å². The molecule has 0 fully saturated rings. The molecule has 5 nitrogen and oxygen atoms in total. The van der Waals surface area contributed by atoms with Crippen molar-refractivity contribution in [3.8, 4) is 5.75 Å². The molecule has 3 rings (SSSR count). The van der Waals surface area contributed by atoms with Gasteiger partial charge in [-0.05, 0) is 67.4 Å². The highest BCUT2D eigenvalue weighted by molar-refractivity contribution is 9.10. The lowest BCUT2D eigenvalue weighted by Crippen LogP contribution is -2.16. The van der Waals surface area contributed by atoms with Crippen LogP contribution < -0.4 is 15.4 Å². The van der Waals surface area contributed by atoms with Gasteiger partial charge in [0.2, 0.25) is 0 Å². The van der Waals surface area contributed by atoms with Crippen LogP contribution in [0.1, 0.15) is 46.0 Å². The fraction of sp³-hybridized carbons (Fsp3) is 0.200. The Hall–Kier alpha value is -3.12. The Morgan fingerprint density at radius 1 is 0.903 bits per heavy atom. The number of halogens is 1. The van der Waals surface area contributed by atoms with Crippen LogP contribution in [0.25, 0.3) is 0 Å². The molecule has 160 valence electrons. The molecule has 0 radical (unpaired) electrons. The van der Waals surface area contributed by atoms with Crippen LogP contribution in [-0.4, -0.2) is 18.4 Å². The third kappa shape index (κ3) is 6.43. The first-order chi connectivity index (χ1) is 15.0. The second-order valence-electron chi connectivity index (χ2n) is 7.20. The highest BCUT2D eigenvalue weighted by atomic mass is 79.9. The summed E-state index contributed by atoms with van der Waals surface area (Å²) in [5.74, 6) is -0.0146. The Morgan fingerprint density at radius 2 is 1.61 bits per heavy atom. The number of unbranched alkanes of at least 4 members (excludes halogenated alkanes) is 1. The number of nitrogens with one attached hydrogen (secondary N) is 2. The van der Waals surface area contributed by atoms with Crippen LogP contribution in [-0.2, 0) is 0 Å². The molecule has 31 heavy (non-hydrogen) atoms. The molecule has 0 aliphatic carbocycles. The van der Waals surface area contributed by atoms with Crippen LogP contribution >= 0.6 is 15.9 Å². The zero-order valence-corrected chi connectivity index (χ0v) is 19.2. The van der Waals surface area contributed by atoms with Crippen molar-refractivity contribution in [1.82, 2.24) is 0 Å². The maximum absolute atomic E-state index is 12.9. The molecule has 0 aromatic heterocycles. The predicted molar refractivity (Wildman–Crippen MR) is 128 cm³/mol. The largest absolute Gasteiger partial charge is 0.493 e. The number of hydrogen-bond acceptors (Lipinski definition) is 3. The van der Waals surface area contributed by atoms with E-state index in [1.807, 2.05) is 37.3 Å². The van der Waals surface area contributed by atoms with Gasteiger partial charge >= 0.3 is 0 Å². The molecule has 0 aliphatic rings. The Bertz CT molecular complexity index is 1080. The number of amides is 2. The van der Waals surface area contributed by atoms with E-state index in [-0.39, 0.29) is 11.8 Å². The topological polar surface area (TPSA) is 67.4 Å². The monoisotopic (exact) mass is 480 g/mol. The van der Waals surface area contributed by atoms with Crippen molar-refractivity contribution >= 4 is 39.1 Å². The fourth-order valence-corrected chi connectivity index (χ4v) is 3.36. The van der Waals surface area contributed by atoms with Crippen LogP contribution in [0.15, 0.2) is 71.2 Å². The van der Waals surface area contributed by atoms with Gasteiger partial charge in [0.15, 0.2) is 0 Å². The summed E-state index contributed by atoms with van der Waals surface area (Å²) in [5, 5.41) is 5.74. The molecule has 0 aliphatic heterocycles. The van der Waals surface area contributed by atoms with E-state index >= 15 is 0 Å². The number of aryl methyl sites for hydroxylation is 1. The average molecular weight is 481 g/mol. The number of carbonyl (C=O) groups excluding carboxylic acids is 2. The summed E-state index contributed by atoms with van der Waals surface area (Å²) in [4.78, 5) is 25.5. The summed E-state index contributed by atoms with van der Waals surface area (Å²) in [7, 11) is 0. The van der Waals surface area contributed by atoms with Gasteiger partial charge in [0.1, 0.15) is 5.75 Å². The molecule has 0 heterocycles. The molecule has 2 amide bonds. The summed E-state index contributed by atoms with van der Waals surface area (Å²) in [6.45, 7) is 4.60. The quantitative estimate of drug-likeness (QED) is 0.364. The molecular weight excluding hydrogens is 456 g/mol. The zero-order valence-electron chi connectivity index (χ0n) is 17.6. The van der Waals surface area contributed by atoms with Crippen LogP contribution in [0, 0.1) is 6.92 Å². The van der Waals surface area contributed by atoms with Crippen LogP contribution in [0.3, 0.4) is 0 Å². The van der Waals surface area contributed by atoms with Crippen molar-refractivity contribution in [3.63, 3.8) is 0 Å². The standard InChI is InChI=1S/C25H25BrN2O3/c1-3-4-13-31-23-12-11-19(26)16-22(23)25(30)28-21-10-6-8-18(15-21)24(29)27-20-9-5-7-17(2)14-20/h5-12,14-16H,3-4,13H2,1-2H3,(H,27,29)(H,28,30). The summed E-state index contributed by atoms with van der Waals surface area (Å²) >= 11 is 3.41. The van der Waals surface area contributed by atoms with Gasteiger partial charge in [-0.1, -0.05) is 47.5 Å². The van der Waals surface area contributed by atoms with Crippen LogP contribution in [0.2, 0.25) is 0 Å². The molecule has 0 spiro atoms.